The second-order valence-electron chi connectivity index (χ2n) is 7.88. The van der Waals surface area contributed by atoms with E-state index >= 15 is 0 Å². The van der Waals surface area contributed by atoms with Crippen LogP contribution in [-0.2, 0) is 12.8 Å². The van der Waals surface area contributed by atoms with E-state index in [2.05, 4.69) is 16.3 Å². The van der Waals surface area contributed by atoms with Gasteiger partial charge in [0.2, 0.25) is 11.6 Å². The lowest BCUT2D eigenvalue weighted by Gasteiger charge is -2.16. The molecule has 0 aliphatic heterocycles. The van der Waals surface area contributed by atoms with Gasteiger partial charge in [-0.15, -0.1) is 10.2 Å². The molecule has 4 rings (SSSR count). The summed E-state index contributed by atoms with van der Waals surface area (Å²) in [7, 11) is 0. The third kappa shape index (κ3) is 5.55. The van der Waals surface area contributed by atoms with E-state index in [1.807, 2.05) is 32.9 Å². The highest BCUT2D eigenvalue weighted by atomic mass is 32.2. The molecule has 0 N–H and O–H groups in total. The smallest absolute Gasteiger partial charge is 0.277 e. The number of hydrogen-bond acceptors (Lipinski definition) is 8. The van der Waals surface area contributed by atoms with Gasteiger partial charge >= 0.3 is 0 Å². The van der Waals surface area contributed by atoms with Crippen LogP contribution >= 0.6 is 11.8 Å². The predicted octanol–water partition coefficient (Wildman–Crippen LogP) is 5.79. The fraction of sp³-hybridized carbons (Fsp3) is 0.423. The van der Waals surface area contributed by atoms with Gasteiger partial charge < -0.3 is 18.6 Å². The largest absolute Gasteiger partial charge is 0.490 e. The van der Waals surface area contributed by atoms with Crippen LogP contribution in [0.25, 0.3) is 11.5 Å². The van der Waals surface area contributed by atoms with Crippen molar-refractivity contribution in [3.05, 3.63) is 47.0 Å². The van der Waals surface area contributed by atoms with Crippen LogP contribution in [-0.4, -0.2) is 41.6 Å². The van der Waals surface area contributed by atoms with Gasteiger partial charge in [0.25, 0.3) is 5.22 Å². The van der Waals surface area contributed by atoms with Crippen LogP contribution in [0.1, 0.15) is 55.1 Å². The van der Waals surface area contributed by atoms with Crippen LogP contribution in [0.5, 0.6) is 17.2 Å². The van der Waals surface area contributed by atoms with Crippen molar-refractivity contribution in [2.24, 2.45) is 0 Å². The highest BCUT2D eigenvalue weighted by molar-refractivity contribution is 7.99. The third-order valence-electron chi connectivity index (χ3n) is 5.56. The first-order chi connectivity index (χ1) is 16.6. The molecule has 0 bridgehead atoms. The van der Waals surface area contributed by atoms with Crippen molar-refractivity contribution >= 4 is 17.5 Å². The minimum Gasteiger partial charge on any atom is -0.490 e. The van der Waals surface area contributed by atoms with E-state index in [9.17, 15) is 4.79 Å². The molecule has 7 nitrogen and oxygen atoms in total. The first-order valence-corrected chi connectivity index (χ1v) is 12.8. The van der Waals surface area contributed by atoms with Crippen molar-refractivity contribution in [3.63, 3.8) is 0 Å². The van der Waals surface area contributed by atoms with Crippen LogP contribution in [0.2, 0.25) is 0 Å². The molecule has 0 saturated carbocycles. The molecule has 0 spiro atoms. The number of nitrogens with zero attached hydrogens (tertiary/aromatic N) is 2. The Morgan fingerprint density at radius 1 is 0.912 bits per heavy atom. The standard InChI is InChI=1S/C26H30N2O5S/c1-4-30-22-14-20(15-23(31-5-2)24(22)32-6-3)25-27-28-26(33-25)34-16-21(29)19-12-11-17-9-7-8-10-18(17)13-19/h11-15H,4-10,16H2,1-3H3. The van der Waals surface area contributed by atoms with Crippen LogP contribution in [0.4, 0.5) is 0 Å². The van der Waals surface area contributed by atoms with Gasteiger partial charge in [-0.05, 0) is 75.8 Å². The van der Waals surface area contributed by atoms with Gasteiger partial charge in [0.05, 0.1) is 25.6 Å². The fourth-order valence-electron chi connectivity index (χ4n) is 4.01. The van der Waals surface area contributed by atoms with Gasteiger partial charge in [-0.25, -0.2) is 0 Å². The Kier molecular flexibility index (Phi) is 8.11. The normalized spacial score (nSPS) is 12.8. The van der Waals surface area contributed by atoms with Gasteiger partial charge in [-0.2, -0.15) is 0 Å². The summed E-state index contributed by atoms with van der Waals surface area (Å²) >= 11 is 1.24. The molecule has 0 radical (unpaired) electrons. The summed E-state index contributed by atoms with van der Waals surface area (Å²) in [4.78, 5) is 12.8. The molecule has 1 aliphatic carbocycles. The number of carbonyl (C=O) groups excluding carboxylic acids is 1. The minimum absolute atomic E-state index is 0.0523. The number of aryl methyl sites for hydroxylation is 2. The Labute approximate surface area is 204 Å². The Hall–Kier alpha value is -3.00. The van der Waals surface area contributed by atoms with E-state index in [0.717, 1.165) is 18.4 Å². The molecule has 2 aromatic carbocycles. The highest BCUT2D eigenvalue weighted by Crippen LogP contribution is 2.42. The van der Waals surface area contributed by atoms with Crippen molar-refractivity contribution in [3.8, 4) is 28.7 Å². The average molecular weight is 483 g/mol. The summed E-state index contributed by atoms with van der Waals surface area (Å²) in [6.45, 7) is 7.16. The number of thioether (sulfide) groups is 1. The second-order valence-corrected chi connectivity index (χ2v) is 8.80. The van der Waals surface area contributed by atoms with Crippen LogP contribution in [0, 0.1) is 0 Å². The molecule has 1 aromatic heterocycles. The fourth-order valence-corrected chi connectivity index (χ4v) is 4.67. The molecule has 34 heavy (non-hydrogen) atoms. The number of aromatic nitrogens is 2. The van der Waals surface area contributed by atoms with E-state index in [1.54, 1.807) is 12.1 Å². The second kappa shape index (κ2) is 11.4. The Bertz CT molecular complexity index is 1120. The molecular formula is C26H30N2O5S. The third-order valence-corrected chi connectivity index (χ3v) is 6.38. The van der Waals surface area contributed by atoms with Crippen molar-refractivity contribution in [2.45, 2.75) is 51.7 Å². The van der Waals surface area contributed by atoms with Gasteiger partial charge in [-0.1, -0.05) is 23.9 Å². The van der Waals surface area contributed by atoms with E-state index in [0.29, 0.717) is 53.7 Å². The zero-order chi connectivity index (χ0) is 23.9. The van der Waals surface area contributed by atoms with E-state index in [1.165, 1.54) is 35.7 Å². The summed E-state index contributed by atoms with van der Waals surface area (Å²) in [6, 6.07) is 9.67. The lowest BCUT2D eigenvalue weighted by Crippen LogP contribution is -2.07. The number of carbonyl (C=O) groups is 1. The Morgan fingerprint density at radius 3 is 2.26 bits per heavy atom. The van der Waals surface area contributed by atoms with Gasteiger partial charge in [0, 0.05) is 11.1 Å². The summed E-state index contributed by atoms with van der Waals surface area (Å²) in [5, 5.41) is 8.63. The Balaban J connectivity index is 1.49. The highest BCUT2D eigenvalue weighted by Gasteiger charge is 2.20. The molecule has 180 valence electrons. The summed E-state index contributed by atoms with van der Waals surface area (Å²) in [6.07, 6.45) is 4.56. The quantitative estimate of drug-likeness (QED) is 0.251. The molecule has 1 aliphatic rings. The van der Waals surface area contributed by atoms with E-state index in [-0.39, 0.29) is 11.5 Å². The first-order valence-electron chi connectivity index (χ1n) is 11.8. The van der Waals surface area contributed by atoms with E-state index < -0.39 is 0 Å². The SMILES string of the molecule is CCOc1cc(-c2nnc(SCC(=O)c3ccc4c(c3)CCCC4)o2)cc(OCC)c1OCC. The van der Waals surface area contributed by atoms with E-state index in [4.69, 9.17) is 18.6 Å². The summed E-state index contributed by atoms with van der Waals surface area (Å²) < 4.78 is 23.1. The Morgan fingerprint density at radius 2 is 1.59 bits per heavy atom. The predicted molar refractivity (Wildman–Crippen MR) is 131 cm³/mol. The van der Waals surface area contributed by atoms with Crippen molar-refractivity contribution in [1.82, 2.24) is 10.2 Å². The zero-order valence-corrected chi connectivity index (χ0v) is 20.7. The van der Waals surface area contributed by atoms with Crippen molar-refractivity contribution in [2.75, 3.05) is 25.6 Å². The maximum Gasteiger partial charge on any atom is 0.277 e. The van der Waals surface area contributed by atoms with Gasteiger partial charge in [0.15, 0.2) is 17.3 Å². The number of ketones is 1. The molecule has 0 saturated heterocycles. The number of ether oxygens (including phenoxy) is 3. The molecule has 1 heterocycles. The molecule has 3 aromatic rings. The molecule has 0 unspecified atom stereocenters. The number of Topliss-reactive ketones (excluding diaryl/α,β-unsaturated/α-hetero) is 1. The lowest BCUT2D eigenvalue weighted by atomic mass is 9.90. The van der Waals surface area contributed by atoms with Crippen molar-refractivity contribution in [1.29, 1.82) is 0 Å². The van der Waals surface area contributed by atoms with Crippen LogP contribution in [0.3, 0.4) is 0 Å². The molecule has 0 amide bonds. The van der Waals surface area contributed by atoms with Gasteiger partial charge in [0.1, 0.15) is 0 Å². The number of hydrogen-bond donors (Lipinski definition) is 0. The summed E-state index contributed by atoms with van der Waals surface area (Å²) in [5.74, 6) is 2.28. The maximum absolute atomic E-state index is 12.8. The summed E-state index contributed by atoms with van der Waals surface area (Å²) in [5.41, 5.74) is 4.07. The molecule has 0 fully saturated rings. The monoisotopic (exact) mass is 482 g/mol. The number of rotatable bonds is 11. The zero-order valence-electron chi connectivity index (χ0n) is 19.9. The van der Waals surface area contributed by atoms with Crippen molar-refractivity contribution < 1.29 is 23.4 Å². The van der Waals surface area contributed by atoms with Crippen LogP contribution in [0.15, 0.2) is 40.0 Å². The average Bonchev–Trinajstić information content (AvgIpc) is 3.33. The maximum atomic E-state index is 12.8. The van der Waals surface area contributed by atoms with Gasteiger partial charge in [-0.3, -0.25) is 4.79 Å². The molecule has 0 atom stereocenters. The number of fused-ring (bicyclic) bond motifs is 1. The lowest BCUT2D eigenvalue weighted by molar-refractivity contribution is 0.102. The molecular weight excluding hydrogens is 452 g/mol. The van der Waals surface area contributed by atoms with Crippen LogP contribution < -0.4 is 14.2 Å². The number of benzene rings is 2. The minimum atomic E-state index is 0.0523. The topological polar surface area (TPSA) is 83.7 Å². The molecule has 8 heteroatoms. The first kappa shape index (κ1) is 24.1.